The Balaban J connectivity index is 0.000000292. The molecule has 82 valence electrons. The fraction of sp³-hybridized carbons (Fsp3) is 0.750. The lowest BCUT2D eigenvalue weighted by Gasteiger charge is -2.19. The minimum absolute atomic E-state index is 0.111. The van der Waals surface area contributed by atoms with Crippen molar-refractivity contribution in [3.8, 4) is 0 Å². The number of carbonyl (C=O) groups is 1. The van der Waals surface area contributed by atoms with Crippen molar-refractivity contribution in [3.05, 3.63) is 12.7 Å². The lowest BCUT2D eigenvalue weighted by molar-refractivity contribution is -0.305. The summed E-state index contributed by atoms with van der Waals surface area (Å²) in [6, 6.07) is 0. The van der Waals surface area contributed by atoms with Gasteiger partial charge < -0.3 is 9.90 Å². The second kappa shape index (κ2) is 8.79. The van der Waals surface area contributed by atoms with Gasteiger partial charge in [0.1, 0.15) is 0 Å². The monoisotopic (exact) mass is 197 g/mol. The van der Waals surface area contributed by atoms with Gasteiger partial charge in [-0.1, -0.05) is 45.1 Å². The van der Waals surface area contributed by atoms with Crippen molar-refractivity contribution in [1.29, 1.82) is 0 Å². The predicted octanol–water partition coefficient (Wildman–Crippen LogP) is 2.29. The van der Waals surface area contributed by atoms with Gasteiger partial charge in [0.25, 0.3) is 0 Å². The highest BCUT2D eigenvalue weighted by atomic mass is 16.4. The number of allylic oxidation sites excluding steroid dienone is 1. The van der Waals surface area contributed by atoms with Crippen LogP contribution < -0.4 is 5.11 Å². The van der Waals surface area contributed by atoms with E-state index in [1.54, 1.807) is 0 Å². The maximum atomic E-state index is 9.26. The molecule has 0 aromatic heterocycles. The summed E-state index contributed by atoms with van der Waals surface area (Å²) in [6.45, 7) is 5.29. The van der Waals surface area contributed by atoms with E-state index in [0.29, 0.717) is 0 Å². The molecule has 1 aliphatic carbocycles. The Morgan fingerprint density at radius 1 is 1.43 bits per heavy atom. The van der Waals surface area contributed by atoms with E-state index in [9.17, 15) is 9.90 Å². The van der Waals surface area contributed by atoms with Crippen LogP contribution in [0.25, 0.3) is 0 Å². The summed E-state index contributed by atoms with van der Waals surface area (Å²) in [6.07, 6.45) is 10.7. The molecule has 0 radical (unpaired) electrons. The molecule has 0 aromatic rings. The molecule has 0 bridgehead atoms. The molecular formula is C12H21O2-. The number of carboxylic acids is 1. The molecule has 1 fully saturated rings. The van der Waals surface area contributed by atoms with E-state index in [4.69, 9.17) is 0 Å². The summed E-state index contributed by atoms with van der Waals surface area (Å²) < 4.78 is 0. The molecule has 0 N–H and O–H groups in total. The smallest absolute Gasteiger partial charge is 0.0411 e. The minimum atomic E-state index is -0.995. The second-order valence-corrected chi connectivity index (χ2v) is 3.75. The average molecular weight is 197 g/mol. The van der Waals surface area contributed by atoms with Crippen molar-refractivity contribution in [2.45, 2.75) is 51.9 Å². The second-order valence-electron chi connectivity index (χ2n) is 3.75. The third-order valence-corrected chi connectivity index (χ3v) is 2.51. The first-order chi connectivity index (χ1) is 6.70. The van der Waals surface area contributed by atoms with Crippen LogP contribution in [-0.4, -0.2) is 5.97 Å². The highest BCUT2D eigenvalue weighted by molar-refractivity contribution is 5.63. The molecule has 0 amide bonds. The number of aliphatic carboxylic acids is 1. The summed E-state index contributed by atoms with van der Waals surface area (Å²) in [7, 11) is 0. The molecule has 1 aliphatic rings. The van der Waals surface area contributed by atoms with E-state index in [-0.39, 0.29) is 6.42 Å². The standard InChI is InChI=1S/C9H16.C3H6O2/c1-2-6-9-7-4-3-5-8-9;1-2-3(4)5/h2,9H,1,3-8H2;2H2,1H3,(H,4,5)/p-1. The molecule has 1 saturated carbocycles. The van der Waals surface area contributed by atoms with Gasteiger partial charge in [0.05, 0.1) is 0 Å². The first-order valence-electron chi connectivity index (χ1n) is 5.51. The normalized spacial score (nSPS) is 16.6. The summed E-state index contributed by atoms with van der Waals surface area (Å²) in [5, 5.41) is 9.26. The van der Waals surface area contributed by atoms with Gasteiger partial charge in [0, 0.05) is 5.97 Å². The van der Waals surface area contributed by atoms with Gasteiger partial charge in [0.15, 0.2) is 0 Å². The number of hydrogen-bond acceptors (Lipinski definition) is 2. The fourth-order valence-corrected chi connectivity index (χ4v) is 1.66. The topological polar surface area (TPSA) is 40.1 Å². The van der Waals surface area contributed by atoms with Crippen molar-refractivity contribution in [2.24, 2.45) is 5.92 Å². The van der Waals surface area contributed by atoms with Gasteiger partial charge in [-0.25, -0.2) is 0 Å². The van der Waals surface area contributed by atoms with Crippen LogP contribution in [-0.2, 0) is 4.79 Å². The average Bonchev–Trinajstić information content (AvgIpc) is 2.21. The Kier molecular flexibility index (Phi) is 8.30. The van der Waals surface area contributed by atoms with Crippen molar-refractivity contribution in [1.82, 2.24) is 0 Å². The zero-order chi connectivity index (χ0) is 10.8. The number of carbonyl (C=O) groups excluding carboxylic acids is 1. The van der Waals surface area contributed by atoms with Crippen LogP contribution in [0, 0.1) is 5.92 Å². The van der Waals surface area contributed by atoms with Crippen molar-refractivity contribution in [3.63, 3.8) is 0 Å². The Bertz CT molecular complexity index is 158. The summed E-state index contributed by atoms with van der Waals surface area (Å²) in [5.41, 5.74) is 0. The number of hydrogen-bond donors (Lipinski definition) is 0. The molecule has 0 spiro atoms. The summed E-state index contributed by atoms with van der Waals surface area (Å²) in [5.74, 6) is -0.0127. The number of rotatable bonds is 3. The van der Waals surface area contributed by atoms with E-state index < -0.39 is 5.97 Å². The Hall–Kier alpha value is -0.790. The summed E-state index contributed by atoms with van der Waals surface area (Å²) in [4.78, 5) is 9.26. The van der Waals surface area contributed by atoms with Gasteiger partial charge in [0.2, 0.25) is 0 Å². The third kappa shape index (κ3) is 7.84. The van der Waals surface area contributed by atoms with Gasteiger partial charge in [-0.05, 0) is 18.8 Å². The quantitative estimate of drug-likeness (QED) is 0.651. The molecule has 0 unspecified atom stereocenters. The highest BCUT2D eigenvalue weighted by Gasteiger charge is 2.10. The van der Waals surface area contributed by atoms with Crippen LogP contribution in [0.4, 0.5) is 0 Å². The van der Waals surface area contributed by atoms with E-state index in [1.807, 2.05) is 0 Å². The minimum Gasteiger partial charge on any atom is -0.550 e. The van der Waals surface area contributed by atoms with Crippen LogP contribution in [0.15, 0.2) is 12.7 Å². The molecular weight excluding hydrogens is 176 g/mol. The maximum absolute atomic E-state index is 9.26. The van der Waals surface area contributed by atoms with E-state index >= 15 is 0 Å². The van der Waals surface area contributed by atoms with Crippen molar-refractivity contribution in [2.75, 3.05) is 0 Å². The number of carboxylic acid groups (broad SMARTS) is 1. The molecule has 2 heteroatoms. The van der Waals surface area contributed by atoms with Crippen molar-refractivity contribution >= 4 is 5.97 Å². The Morgan fingerprint density at radius 3 is 2.29 bits per heavy atom. The van der Waals surface area contributed by atoms with Gasteiger partial charge >= 0.3 is 0 Å². The fourth-order valence-electron chi connectivity index (χ4n) is 1.66. The molecule has 14 heavy (non-hydrogen) atoms. The molecule has 0 aliphatic heterocycles. The highest BCUT2D eigenvalue weighted by Crippen LogP contribution is 2.25. The largest absolute Gasteiger partial charge is 0.550 e. The van der Waals surface area contributed by atoms with Gasteiger partial charge in [-0.2, -0.15) is 0 Å². The Morgan fingerprint density at radius 2 is 1.93 bits per heavy atom. The first kappa shape index (κ1) is 13.2. The van der Waals surface area contributed by atoms with Crippen LogP contribution in [0.1, 0.15) is 51.9 Å². The van der Waals surface area contributed by atoms with Crippen LogP contribution in [0.5, 0.6) is 0 Å². The molecule has 2 nitrogen and oxygen atoms in total. The molecule has 0 heterocycles. The predicted molar refractivity (Wildman–Crippen MR) is 56.7 cm³/mol. The van der Waals surface area contributed by atoms with Crippen LogP contribution in [0.2, 0.25) is 0 Å². The lowest BCUT2D eigenvalue weighted by Crippen LogP contribution is -2.19. The molecule has 0 atom stereocenters. The molecule has 0 saturated heterocycles. The van der Waals surface area contributed by atoms with E-state index in [0.717, 1.165) is 5.92 Å². The molecule has 0 aromatic carbocycles. The van der Waals surface area contributed by atoms with Crippen molar-refractivity contribution < 1.29 is 9.90 Å². The molecule has 1 rings (SSSR count). The zero-order valence-electron chi connectivity index (χ0n) is 9.13. The van der Waals surface area contributed by atoms with Gasteiger partial charge in [-0.3, -0.25) is 0 Å². The van der Waals surface area contributed by atoms with E-state index in [2.05, 4.69) is 12.7 Å². The maximum Gasteiger partial charge on any atom is 0.0411 e. The third-order valence-electron chi connectivity index (χ3n) is 2.51. The van der Waals surface area contributed by atoms with Crippen LogP contribution >= 0.6 is 0 Å². The van der Waals surface area contributed by atoms with Crippen LogP contribution in [0.3, 0.4) is 0 Å². The van der Waals surface area contributed by atoms with Gasteiger partial charge in [-0.15, -0.1) is 6.58 Å². The Labute approximate surface area is 87.0 Å². The zero-order valence-corrected chi connectivity index (χ0v) is 9.13. The SMILES string of the molecule is C=CCC1CCCCC1.CCC(=O)[O-]. The first-order valence-corrected chi connectivity index (χ1v) is 5.51. The lowest BCUT2D eigenvalue weighted by atomic mass is 9.87. The van der Waals surface area contributed by atoms with E-state index in [1.165, 1.54) is 45.4 Å². The summed E-state index contributed by atoms with van der Waals surface area (Å²) >= 11 is 0.